The summed E-state index contributed by atoms with van der Waals surface area (Å²) in [5.41, 5.74) is 19.6. The summed E-state index contributed by atoms with van der Waals surface area (Å²) in [6.07, 6.45) is 36.5. The van der Waals surface area contributed by atoms with Crippen molar-refractivity contribution in [1.82, 2.24) is 116 Å². The van der Waals surface area contributed by atoms with Gasteiger partial charge in [-0.25, -0.2) is 34.9 Å². The van der Waals surface area contributed by atoms with Crippen LogP contribution >= 0.6 is 34.0 Å². The van der Waals surface area contributed by atoms with Gasteiger partial charge in [0, 0.05) is 213 Å². The lowest BCUT2D eigenvalue weighted by Crippen LogP contribution is -2.17. The first-order valence-corrected chi connectivity index (χ1v) is 54.0. The third kappa shape index (κ3) is 60.9. The van der Waals surface area contributed by atoms with E-state index in [1.807, 2.05) is 129 Å². The van der Waals surface area contributed by atoms with E-state index in [9.17, 15) is 0 Å². The molecule has 0 unspecified atom stereocenters. The maximum Gasteiger partial charge on any atom is 0.199 e. The normalized spacial score (nSPS) is 12.1. The lowest BCUT2D eigenvalue weighted by atomic mass is 9.87. The Balaban J connectivity index is 0.000000800. The summed E-state index contributed by atoms with van der Waals surface area (Å²) in [5.74, 6) is 2.48. The highest BCUT2D eigenvalue weighted by Gasteiger charge is 2.26. The van der Waals surface area contributed by atoms with Gasteiger partial charge in [0.2, 0.25) is 0 Å². The summed E-state index contributed by atoms with van der Waals surface area (Å²) >= 11 is 5.09. The van der Waals surface area contributed by atoms with Gasteiger partial charge in [0.15, 0.2) is 11.7 Å². The molecule has 1 aromatic carbocycles. The average Bonchev–Trinajstić information content (AvgIpc) is 1.80. The first-order chi connectivity index (χ1) is 68.7. The zero-order valence-electron chi connectivity index (χ0n) is 101. The molecule has 0 bridgehead atoms. The number of oxazole rings is 1. The molecule has 29 heteroatoms. The number of allylic oxidation sites excluding steroid dienone is 1. The molecule has 0 radical (unpaired) electrons. The summed E-state index contributed by atoms with van der Waals surface area (Å²) in [6, 6.07) is 32.5. The van der Waals surface area contributed by atoms with E-state index in [2.05, 4.69) is 499 Å². The van der Waals surface area contributed by atoms with E-state index >= 15 is 0 Å². The maximum absolute atomic E-state index is 5.09. The van der Waals surface area contributed by atoms with Gasteiger partial charge in [-0.3, -0.25) is 45.1 Å². The molecule has 4 N–H and O–H groups in total. The van der Waals surface area contributed by atoms with Crippen LogP contribution in [0.5, 0.6) is 0 Å². The highest BCUT2D eigenvalue weighted by atomic mass is 32.1. The van der Waals surface area contributed by atoms with Crippen molar-refractivity contribution in [3.63, 3.8) is 0 Å². The fourth-order valence-electron chi connectivity index (χ4n) is 11.0. The first-order valence-electron chi connectivity index (χ1n) is 51.3. The molecule has 0 fully saturated rings. The molecular formula is C121H190N24O2S3. The number of thiazole rings is 3. The predicted octanol–water partition coefficient (Wildman–Crippen LogP) is 32.3. The van der Waals surface area contributed by atoms with Crippen LogP contribution in [0.4, 0.5) is 0 Å². The molecule has 0 saturated carbocycles. The van der Waals surface area contributed by atoms with Gasteiger partial charge in [0.05, 0.1) is 45.6 Å². The molecule has 26 nitrogen and oxygen atoms in total. The summed E-state index contributed by atoms with van der Waals surface area (Å²) in [4.78, 5) is 61.7. The topological polar surface area (TPSA) is 347 Å². The second-order valence-electron chi connectivity index (χ2n) is 52.2. The monoisotopic (exact) mass is 2110 g/mol. The van der Waals surface area contributed by atoms with E-state index in [0.717, 1.165) is 52.4 Å². The number of aromatic amines is 4. The van der Waals surface area contributed by atoms with Gasteiger partial charge in [0.25, 0.3) is 0 Å². The quantitative estimate of drug-likeness (QED) is 0.110. The SMILES string of the molecule is CC(C)(C)C1=NC=CC1.CC(C)(C)c1ccccc1.CC(C)(C)c1ccccn1.CC(C)(C)c1ccccn1.CC(C)(C)c1ccn[nH]1.CC(C)(C)c1ccncc1.CC(C)(C)c1ccncn1.CC(C)(C)c1ccon1.CC(C)(C)c1cnc[nH]1.CC(C)(C)c1cnccn1.CC(C)(C)c1cncs1.CC(C)(C)c1cscn1.CC(C)(C)c1ncco1.CC(C)(C)c1nccs1.CC(C)(C)c1ncn[nH]1.CC(C)(C)c1nn[nH]n1. The molecule has 1 aliphatic rings. The summed E-state index contributed by atoms with van der Waals surface area (Å²) in [7, 11) is 0. The van der Waals surface area contributed by atoms with Gasteiger partial charge in [-0.1, -0.05) is 391 Å². The van der Waals surface area contributed by atoms with Crippen molar-refractivity contribution in [3.8, 4) is 0 Å². The highest BCUT2D eigenvalue weighted by Crippen LogP contribution is 2.31. The Hall–Kier alpha value is -11.8. The van der Waals surface area contributed by atoms with Crippen molar-refractivity contribution in [2.75, 3.05) is 0 Å². The second kappa shape index (κ2) is 62.2. The van der Waals surface area contributed by atoms with Crippen LogP contribution in [-0.4, -0.2) is 122 Å². The van der Waals surface area contributed by atoms with Crippen LogP contribution in [0.1, 0.15) is 423 Å². The molecule has 16 rings (SSSR count). The summed E-state index contributed by atoms with van der Waals surface area (Å²) in [5, 5.41) is 36.0. The third-order valence-corrected chi connectivity index (χ3v) is 23.7. The molecule has 0 aliphatic carbocycles. The molecule has 0 atom stereocenters. The molecule has 1 aliphatic heterocycles. The lowest BCUT2D eigenvalue weighted by Gasteiger charge is -2.18. The van der Waals surface area contributed by atoms with Gasteiger partial charge in [-0.15, -0.1) is 44.2 Å². The summed E-state index contributed by atoms with van der Waals surface area (Å²) in [6.45, 7) is 103. The molecule has 15 aromatic rings. The third-order valence-electron chi connectivity index (χ3n) is 20.7. The van der Waals surface area contributed by atoms with E-state index < -0.39 is 0 Å². The molecule has 0 amide bonds. The largest absolute Gasteiger partial charge is 0.448 e. The predicted molar refractivity (Wildman–Crippen MR) is 631 cm³/mol. The van der Waals surface area contributed by atoms with Crippen LogP contribution in [-0.2, 0) is 81.2 Å². The number of imidazole rings is 1. The van der Waals surface area contributed by atoms with Gasteiger partial charge < -0.3 is 13.9 Å². The molecule has 0 saturated heterocycles. The van der Waals surface area contributed by atoms with Crippen LogP contribution in [0.3, 0.4) is 0 Å². The Morgan fingerprint density at radius 3 is 1.09 bits per heavy atom. The van der Waals surface area contributed by atoms with Crippen LogP contribution in [0.2, 0.25) is 0 Å². The molecule has 15 heterocycles. The number of benzene rings is 1. The van der Waals surface area contributed by atoms with Crippen LogP contribution in [0, 0.1) is 5.41 Å². The number of hydrogen-bond acceptors (Lipinski definition) is 25. The minimum absolute atomic E-state index is 0.00694. The van der Waals surface area contributed by atoms with E-state index in [1.54, 1.807) is 96.4 Å². The highest BCUT2D eigenvalue weighted by molar-refractivity contribution is 7.10. The number of hydrogen-bond donors (Lipinski definition) is 4. The Labute approximate surface area is 916 Å². The zero-order chi connectivity index (χ0) is 115. The number of pyridine rings is 3. The smallest absolute Gasteiger partial charge is 0.199 e. The molecule has 0 spiro atoms. The Kier molecular flexibility index (Phi) is 56.5. The van der Waals surface area contributed by atoms with Gasteiger partial charge in [0.1, 0.15) is 31.0 Å². The fourth-order valence-corrected chi connectivity index (χ4v) is 13.2. The van der Waals surface area contributed by atoms with Gasteiger partial charge in [-0.2, -0.15) is 15.4 Å². The van der Waals surface area contributed by atoms with Crippen molar-refractivity contribution in [1.29, 1.82) is 0 Å². The Morgan fingerprint density at radius 2 is 0.853 bits per heavy atom. The second-order valence-corrected chi connectivity index (χ2v) is 54.7. The molecular weight excluding hydrogens is 1920 g/mol. The van der Waals surface area contributed by atoms with E-state index in [1.165, 1.54) is 50.1 Å². The van der Waals surface area contributed by atoms with E-state index in [0.29, 0.717) is 5.41 Å². The number of aromatic nitrogens is 23. The number of H-pyrrole nitrogens is 4. The number of tetrazole rings is 1. The lowest BCUT2D eigenvalue weighted by molar-refractivity contribution is 0.392. The van der Waals surface area contributed by atoms with Crippen molar-refractivity contribution in [2.24, 2.45) is 10.4 Å². The number of aliphatic imine (C=N–C) groups is 1. The first kappa shape index (κ1) is 136. The van der Waals surface area contributed by atoms with Crippen molar-refractivity contribution >= 4 is 39.7 Å². The number of rotatable bonds is 0. The molecule has 150 heavy (non-hydrogen) atoms. The summed E-state index contributed by atoms with van der Waals surface area (Å²) < 4.78 is 9.78. The van der Waals surface area contributed by atoms with Crippen molar-refractivity contribution in [2.45, 2.75) is 420 Å². The van der Waals surface area contributed by atoms with Crippen molar-refractivity contribution < 1.29 is 8.94 Å². The van der Waals surface area contributed by atoms with Gasteiger partial charge >= 0.3 is 0 Å². The molecule has 824 valence electrons. The fraction of sp³-hybridized carbons (Fsp3) is 0.537. The van der Waals surface area contributed by atoms with Crippen LogP contribution < -0.4 is 0 Å². The zero-order valence-corrected chi connectivity index (χ0v) is 103. The Bertz CT molecular complexity index is 4820. The van der Waals surface area contributed by atoms with E-state index in [4.69, 9.17) is 8.94 Å². The van der Waals surface area contributed by atoms with Crippen LogP contribution in [0.25, 0.3) is 0 Å². The molecule has 14 aromatic heterocycles. The average molecular weight is 2110 g/mol. The number of nitrogens with zero attached hydrogens (tertiary/aromatic N) is 20. The van der Waals surface area contributed by atoms with Gasteiger partial charge in [-0.05, 0) is 75.9 Å². The van der Waals surface area contributed by atoms with Crippen molar-refractivity contribution in [3.05, 3.63) is 327 Å². The minimum Gasteiger partial charge on any atom is -0.448 e. The van der Waals surface area contributed by atoms with E-state index in [-0.39, 0.29) is 81.2 Å². The standard InChI is InChI=1S/C10H14.3C9H13N.2C8H12N2.C8H13N.2C7H12N2.2C7H11NO.3C7H11NS.C6H11N3.C5H10N4/c1-10(2,3)9-7-5-4-6-8-9;1-9(2,3)8-4-6-10-7-5-8;2*1-9(2,3)8-6-4-5-7-10-8;1-8(2,3)7-6-9-4-5-10-7;1-8(2,3)7-4-5-9-6-10-7;1-8(2,3)7-5-4-6-9-7;1-7(2,3)6-4-8-5-9-6;1-7(2,3)6-4-5-8-9-6;1-7(2,3)6-8-4-5-9-6;1-7(2,3)6-4-5-9-8-6;1-7(2,3)6-4-9-5-8-6;1-7(2,3)6-4-8-5-9-6;1-7(2,3)6-8-4-5-9-6;1-6(2,3)5-7-4-8-9-5;1-5(2,3)4-6-8-9-7-4/h4-8H,1-3H3;3*4-7H,1-3H3;2*4-6H,1-3H3;4,6H,5H2,1-3H3;2*4-5H,1-3H3,(H,8,9);5*4-5H,1-3H3;4H,1-3H3,(H,7,8,9);1-3H3,(H,6,7,8,9). The maximum atomic E-state index is 5.09. The van der Waals surface area contributed by atoms with Crippen LogP contribution in [0.15, 0.2) is 257 Å². The Morgan fingerprint density at radius 1 is 0.320 bits per heavy atom. The minimum atomic E-state index is 0.00694. The number of nitrogens with one attached hydrogen (secondary N) is 4.